The average Bonchev–Trinajstić information content (AvgIpc) is 3.86. The quantitative estimate of drug-likeness (QED) is 0.162. The predicted octanol–water partition coefficient (Wildman–Crippen LogP) is 16.1. The Balaban J connectivity index is 0.969. The van der Waals surface area contributed by atoms with Crippen molar-refractivity contribution < 1.29 is 4.42 Å². The normalized spacial score (nSPS) is 11.5. The van der Waals surface area contributed by atoms with Crippen LogP contribution >= 0.6 is 11.3 Å². The van der Waals surface area contributed by atoms with E-state index in [4.69, 9.17) is 4.42 Å². The van der Waals surface area contributed by atoms with Gasteiger partial charge in [0.15, 0.2) is 0 Å². The molecule has 3 heteroatoms. The molecule has 0 atom stereocenters. The number of rotatable bonds is 7. The van der Waals surface area contributed by atoms with E-state index in [2.05, 4.69) is 211 Å². The number of benzene rings is 9. The minimum atomic E-state index is 0.894. The molecule has 0 N–H and O–H groups in total. The number of fused-ring (bicyclic) bond motifs is 6. The molecule has 0 amide bonds. The van der Waals surface area contributed by atoms with Crippen molar-refractivity contribution in [1.29, 1.82) is 0 Å². The van der Waals surface area contributed by atoms with Crippen molar-refractivity contribution >= 4 is 70.5 Å². The lowest BCUT2D eigenvalue weighted by Crippen LogP contribution is -2.09. The van der Waals surface area contributed by atoms with E-state index in [1.54, 1.807) is 0 Å². The highest BCUT2D eigenvalue weighted by Gasteiger charge is 2.17. The number of hydrogen-bond acceptors (Lipinski definition) is 3. The van der Waals surface area contributed by atoms with Gasteiger partial charge in [0.25, 0.3) is 0 Å². The number of furan rings is 1. The van der Waals surface area contributed by atoms with E-state index in [1.165, 1.54) is 42.4 Å². The summed E-state index contributed by atoms with van der Waals surface area (Å²) in [6.45, 7) is 0. The van der Waals surface area contributed by atoms with Crippen molar-refractivity contribution in [2.75, 3.05) is 4.90 Å². The highest BCUT2D eigenvalue weighted by Crippen LogP contribution is 2.43. The van der Waals surface area contributed by atoms with Gasteiger partial charge in [0.05, 0.1) is 0 Å². The smallest absolute Gasteiger partial charge is 0.143 e. The maximum Gasteiger partial charge on any atom is 0.143 e. The molecule has 2 aromatic heterocycles. The molecular formula is C54H35NOS. The topological polar surface area (TPSA) is 16.4 Å². The summed E-state index contributed by atoms with van der Waals surface area (Å²) in [4.78, 5) is 2.35. The van der Waals surface area contributed by atoms with Crippen molar-refractivity contribution in [2.45, 2.75) is 0 Å². The van der Waals surface area contributed by atoms with E-state index in [0.717, 1.165) is 61.3 Å². The molecule has 0 aliphatic heterocycles. The van der Waals surface area contributed by atoms with Crippen molar-refractivity contribution in [3.05, 3.63) is 212 Å². The molecule has 0 bridgehead atoms. The van der Waals surface area contributed by atoms with E-state index in [0.29, 0.717) is 0 Å². The molecule has 2 nitrogen and oxygen atoms in total. The third kappa shape index (κ3) is 5.88. The van der Waals surface area contributed by atoms with Crippen LogP contribution in [0.1, 0.15) is 0 Å². The lowest BCUT2D eigenvalue weighted by atomic mass is 9.99. The summed E-state index contributed by atoms with van der Waals surface area (Å²) >= 11 is 1.87. The first-order chi connectivity index (χ1) is 28.2. The molecule has 0 aliphatic carbocycles. The van der Waals surface area contributed by atoms with Crippen LogP contribution in [0.5, 0.6) is 0 Å². The van der Waals surface area contributed by atoms with E-state index >= 15 is 0 Å². The molecule has 0 aliphatic rings. The van der Waals surface area contributed by atoms with E-state index < -0.39 is 0 Å². The number of nitrogens with zero attached hydrogens (tertiary/aromatic N) is 1. The number of thiophene rings is 1. The molecule has 9 aromatic carbocycles. The fourth-order valence-electron chi connectivity index (χ4n) is 8.27. The predicted molar refractivity (Wildman–Crippen MR) is 243 cm³/mol. The molecule has 268 valence electrons. The Morgan fingerprint density at radius 2 is 0.825 bits per heavy atom. The number of para-hydroxylation sites is 1. The Kier molecular flexibility index (Phi) is 8.04. The number of hydrogen-bond donors (Lipinski definition) is 0. The first-order valence-corrected chi connectivity index (χ1v) is 20.1. The Labute approximate surface area is 335 Å². The highest BCUT2D eigenvalue weighted by molar-refractivity contribution is 7.26. The van der Waals surface area contributed by atoms with Crippen LogP contribution in [-0.4, -0.2) is 0 Å². The van der Waals surface area contributed by atoms with Gasteiger partial charge in [-0.15, -0.1) is 11.3 Å². The molecule has 0 spiro atoms. The standard InChI is InChI=1S/C54H35NOS/c1-3-11-36(12-4-1)37-21-28-42(29-22-37)55(44-32-25-40(26-33-44)46-17-10-19-49-47-15-7-8-20-52(47)57-54(46)49)43-30-23-38(24-31-43)41-27-34-51-50(35-41)48-18-9-16-45(53(48)56-51)39-13-5-2-6-14-39/h1-35H. The Morgan fingerprint density at radius 1 is 0.333 bits per heavy atom. The minimum absolute atomic E-state index is 0.894. The van der Waals surface area contributed by atoms with Gasteiger partial charge in [-0.25, -0.2) is 0 Å². The monoisotopic (exact) mass is 745 g/mol. The summed E-state index contributed by atoms with van der Waals surface area (Å²) in [5.41, 5.74) is 14.6. The van der Waals surface area contributed by atoms with Crippen molar-refractivity contribution in [3.63, 3.8) is 0 Å². The Morgan fingerprint density at radius 3 is 1.51 bits per heavy atom. The van der Waals surface area contributed by atoms with E-state index in [1.807, 2.05) is 17.4 Å². The van der Waals surface area contributed by atoms with Gasteiger partial charge >= 0.3 is 0 Å². The SMILES string of the molecule is c1ccc(-c2ccc(N(c3ccc(-c4ccc5oc6c(-c7ccccc7)cccc6c5c4)cc3)c3ccc(-c4cccc5c4sc4ccccc45)cc3)cc2)cc1. The minimum Gasteiger partial charge on any atom is -0.455 e. The van der Waals surface area contributed by atoms with Crippen molar-refractivity contribution in [1.82, 2.24) is 0 Å². The molecule has 2 heterocycles. The van der Waals surface area contributed by atoms with Crippen molar-refractivity contribution in [2.24, 2.45) is 0 Å². The van der Waals surface area contributed by atoms with Crippen LogP contribution in [0.15, 0.2) is 217 Å². The molecule has 11 aromatic rings. The molecule has 0 unspecified atom stereocenters. The van der Waals surface area contributed by atoms with Gasteiger partial charge in [-0.1, -0.05) is 158 Å². The Bertz CT molecular complexity index is 3200. The van der Waals surface area contributed by atoms with Gasteiger partial charge in [-0.2, -0.15) is 0 Å². The lowest BCUT2D eigenvalue weighted by Gasteiger charge is -2.26. The first-order valence-electron chi connectivity index (χ1n) is 19.3. The fourth-order valence-corrected chi connectivity index (χ4v) is 9.51. The third-order valence-corrected chi connectivity index (χ3v) is 12.3. The van der Waals surface area contributed by atoms with Crippen LogP contribution in [0.2, 0.25) is 0 Å². The van der Waals surface area contributed by atoms with Crippen LogP contribution in [0.4, 0.5) is 17.1 Å². The zero-order valence-electron chi connectivity index (χ0n) is 31.0. The lowest BCUT2D eigenvalue weighted by molar-refractivity contribution is 0.670. The summed E-state index contributed by atoms with van der Waals surface area (Å²) in [5, 5.41) is 4.88. The fraction of sp³-hybridized carbons (Fsp3) is 0. The largest absolute Gasteiger partial charge is 0.455 e. The van der Waals surface area contributed by atoms with Crippen LogP contribution in [0, 0.1) is 0 Å². The van der Waals surface area contributed by atoms with Gasteiger partial charge < -0.3 is 9.32 Å². The molecule has 11 rings (SSSR count). The van der Waals surface area contributed by atoms with E-state index in [9.17, 15) is 0 Å². The molecule has 0 radical (unpaired) electrons. The Hall–Kier alpha value is -7.20. The second kappa shape index (κ2) is 13.8. The second-order valence-corrected chi connectivity index (χ2v) is 15.5. The van der Waals surface area contributed by atoms with Crippen LogP contribution in [-0.2, 0) is 0 Å². The summed E-state index contributed by atoms with van der Waals surface area (Å²) < 4.78 is 9.13. The summed E-state index contributed by atoms with van der Waals surface area (Å²) in [5.74, 6) is 0. The number of anilines is 3. The highest BCUT2D eigenvalue weighted by atomic mass is 32.1. The van der Waals surface area contributed by atoms with Gasteiger partial charge in [0, 0.05) is 53.6 Å². The van der Waals surface area contributed by atoms with Gasteiger partial charge in [-0.3, -0.25) is 0 Å². The molecular weight excluding hydrogens is 711 g/mol. The maximum atomic E-state index is 6.48. The zero-order chi connectivity index (χ0) is 37.7. The van der Waals surface area contributed by atoms with E-state index in [-0.39, 0.29) is 0 Å². The maximum absolute atomic E-state index is 6.48. The molecule has 0 saturated carbocycles. The molecule has 0 fully saturated rings. The average molecular weight is 746 g/mol. The summed E-state index contributed by atoms with van der Waals surface area (Å²) in [7, 11) is 0. The molecule has 0 saturated heterocycles. The van der Waals surface area contributed by atoms with Crippen LogP contribution in [0.25, 0.3) is 86.6 Å². The third-order valence-electron chi connectivity index (χ3n) is 11.1. The van der Waals surface area contributed by atoms with Gasteiger partial charge in [0.2, 0.25) is 0 Å². The van der Waals surface area contributed by atoms with Gasteiger partial charge in [0.1, 0.15) is 11.2 Å². The second-order valence-electron chi connectivity index (χ2n) is 14.5. The van der Waals surface area contributed by atoms with Crippen LogP contribution < -0.4 is 4.90 Å². The summed E-state index contributed by atoms with van der Waals surface area (Å²) in [6.07, 6.45) is 0. The molecule has 57 heavy (non-hydrogen) atoms. The van der Waals surface area contributed by atoms with Gasteiger partial charge in [-0.05, 0) is 93.5 Å². The first kappa shape index (κ1) is 33.2. The summed E-state index contributed by atoms with van der Waals surface area (Å²) in [6, 6.07) is 76.2. The zero-order valence-corrected chi connectivity index (χ0v) is 31.8. The van der Waals surface area contributed by atoms with Crippen molar-refractivity contribution in [3.8, 4) is 44.5 Å². The van der Waals surface area contributed by atoms with Crippen LogP contribution in [0.3, 0.4) is 0 Å².